The van der Waals surface area contributed by atoms with Crippen molar-refractivity contribution in [1.29, 1.82) is 0 Å². The molecule has 0 spiro atoms. The van der Waals surface area contributed by atoms with Gasteiger partial charge in [0.1, 0.15) is 6.04 Å². The number of carbonyl (C=O) groups excluding carboxylic acids is 1. The summed E-state index contributed by atoms with van der Waals surface area (Å²) in [4.78, 5) is 25.0. The van der Waals surface area contributed by atoms with E-state index in [1.54, 1.807) is 29.2 Å². The maximum atomic E-state index is 12.0. The summed E-state index contributed by atoms with van der Waals surface area (Å²) in [6, 6.07) is 8.07. The highest BCUT2D eigenvalue weighted by Gasteiger charge is 2.26. The average molecular weight is 249 g/mol. The minimum Gasteiger partial charge on any atom is -0.480 e. The number of ketones is 1. The molecule has 1 N–H and O–H groups in total. The average Bonchev–Trinajstić information content (AvgIpc) is 2.39. The van der Waals surface area contributed by atoms with Gasteiger partial charge in [-0.25, -0.2) is 0 Å². The number of Topliss-reactive ketones (excluding diaryl/α,β-unsaturated/α-hetero) is 1. The Balaban J connectivity index is 2.79. The second kappa shape index (κ2) is 6.91. The van der Waals surface area contributed by atoms with Gasteiger partial charge in [-0.1, -0.05) is 44.2 Å². The molecule has 0 saturated carbocycles. The van der Waals surface area contributed by atoms with Crippen molar-refractivity contribution in [2.24, 2.45) is 0 Å². The van der Waals surface area contributed by atoms with Crippen LogP contribution in [0.1, 0.15) is 30.6 Å². The van der Waals surface area contributed by atoms with Crippen molar-refractivity contribution in [3.63, 3.8) is 0 Å². The third kappa shape index (κ3) is 3.67. The summed E-state index contributed by atoms with van der Waals surface area (Å²) in [6.45, 7) is 5.03. The topological polar surface area (TPSA) is 57.6 Å². The van der Waals surface area contributed by atoms with Crippen molar-refractivity contribution < 1.29 is 14.7 Å². The molecule has 0 heterocycles. The molecule has 0 fully saturated rings. The molecule has 1 atom stereocenters. The summed E-state index contributed by atoms with van der Waals surface area (Å²) in [5.41, 5.74) is 0.566. The van der Waals surface area contributed by atoms with E-state index in [0.29, 0.717) is 18.7 Å². The molecule has 0 aliphatic heterocycles. The van der Waals surface area contributed by atoms with Crippen LogP contribution in [0.2, 0.25) is 0 Å². The Morgan fingerprint density at radius 2 is 1.72 bits per heavy atom. The van der Waals surface area contributed by atoms with Crippen LogP contribution in [0.4, 0.5) is 0 Å². The molecule has 0 aliphatic rings. The Kier molecular flexibility index (Phi) is 5.52. The minimum atomic E-state index is -0.942. The predicted octanol–water partition coefficient (Wildman–Crippen LogP) is 2.05. The van der Waals surface area contributed by atoms with Crippen LogP contribution in [-0.2, 0) is 4.79 Å². The SMILES string of the molecule is CCN(CC)C(CC(=O)c1ccccc1)C(=O)O. The first-order valence-corrected chi connectivity index (χ1v) is 6.15. The Morgan fingerprint density at radius 3 is 2.17 bits per heavy atom. The fourth-order valence-electron chi connectivity index (χ4n) is 1.95. The van der Waals surface area contributed by atoms with Crippen molar-refractivity contribution in [3.8, 4) is 0 Å². The van der Waals surface area contributed by atoms with Gasteiger partial charge in [-0.05, 0) is 13.1 Å². The van der Waals surface area contributed by atoms with Crippen molar-refractivity contribution >= 4 is 11.8 Å². The molecule has 98 valence electrons. The number of hydrogen-bond donors (Lipinski definition) is 1. The first-order valence-electron chi connectivity index (χ1n) is 6.15. The number of hydrogen-bond acceptors (Lipinski definition) is 3. The van der Waals surface area contributed by atoms with Gasteiger partial charge in [-0.3, -0.25) is 14.5 Å². The van der Waals surface area contributed by atoms with Crippen LogP contribution >= 0.6 is 0 Å². The monoisotopic (exact) mass is 249 g/mol. The predicted molar refractivity (Wildman–Crippen MR) is 69.7 cm³/mol. The molecule has 0 amide bonds. The molecule has 4 heteroatoms. The van der Waals surface area contributed by atoms with Gasteiger partial charge < -0.3 is 5.11 Å². The van der Waals surface area contributed by atoms with Crippen LogP contribution in [0.15, 0.2) is 30.3 Å². The Morgan fingerprint density at radius 1 is 1.17 bits per heavy atom. The lowest BCUT2D eigenvalue weighted by molar-refractivity contribution is -0.143. The van der Waals surface area contributed by atoms with Gasteiger partial charge in [0.2, 0.25) is 0 Å². The standard InChI is InChI=1S/C14H19NO3/c1-3-15(4-2)12(14(17)18)10-13(16)11-8-6-5-7-9-11/h5-9,12H,3-4,10H2,1-2H3,(H,17,18). The second-order valence-electron chi connectivity index (χ2n) is 4.07. The molecular formula is C14H19NO3. The summed E-state index contributed by atoms with van der Waals surface area (Å²) in [7, 11) is 0. The number of carboxylic acid groups (broad SMARTS) is 1. The van der Waals surface area contributed by atoms with Crippen LogP contribution < -0.4 is 0 Å². The van der Waals surface area contributed by atoms with Crippen molar-refractivity contribution in [2.45, 2.75) is 26.3 Å². The molecule has 0 aromatic heterocycles. The largest absolute Gasteiger partial charge is 0.480 e. The number of carbonyl (C=O) groups is 2. The third-order valence-corrected chi connectivity index (χ3v) is 3.01. The van der Waals surface area contributed by atoms with Gasteiger partial charge >= 0.3 is 5.97 Å². The Hall–Kier alpha value is -1.68. The van der Waals surface area contributed by atoms with E-state index in [0.717, 1.165) is 0 Å². The van der Waals surface area contributed by atoms with E-state index in [4.69, 9.17) is 0 Å². The summed E-state index contributed by atoms with van der Waals surface area (Å²) in [6.07, 6.45) is 0.0149. The van der Waals surface area contributed by atoms with Crippen LogP contribution in [-0.4, -0.2) is 40.9 Å². The summed E-state index contributed by atoms with van der Waals surface area (Å²) in [5, 5.41) is 9.21. The molecule has 4 nitrogen and oxygen atoms in total. The van der Waals surface area contributed by atoms with Gasteiger partial charge in [0.25, 0.3) is 0 Å². The molecule has 1 rings (SSSR count). The molecule has 18 heavy (non-hydrogen) atoms. The molecular weight excluding hydrogens is 230 g/mol. The third-order valence-electron chi connectivity index (χ3n) is 3.01. The Bertz CT molecular complexity index is 399. The lowest BCUT2D eigenvalue weighted by Gasteiger charge is -2.25. The van der Waals surface area contributed by atoms with Gasteiger partial charge in [-0.15, -0.1) is 0 Å². The minimum absolute atomic E-state index is 0.0149. The van der Waals surface area contributed by atoms with E-state index in [1.165, 1.54) is 0 Å². The fraction of sp³-hybridized carbons (Fsp3) is 0.429. The summed E-state index contributed by atoms with van der Waals surface area (Å²) < 4.78 is 0. The maximum Gasteiger partial charge on any atom is 0.321 e. The zero-order valence-electron chi connectivity index (χ0n) is 10.8. The lowest BCUT2D eigenvalue weighted by atomic mass is 10.0. The van der Waals surface area contributed by atoms with Crippen molar-refractivity contribution in [1.82, 2.24) is 4.90 Å². The molecule has 0 radical (unpaired) electrons. The zero-order chi connectivity index (χ0) is 13.5. The normalized spacial score (nSPS) is 12.4. The molecule has 1 aromatic rings. The van der Waals surface area contributed by atoms with Crippen molar-refractivity contribution in [3.05, 3.63) is 35.9 Å². The van der Waals surface area contributed by atoms with E-state index < -0.39 is 12.0 Å². The zero-order valence-corrected chi connectivity index (χ0v) is 10.8. The highest BCUT2D eigenvalue weighted by Crippen LogP contribution is 2.10. The van der Waals surface area contributed by atoms with Crippen LogP contribution in [0.3, 0.4) is 0 Å². The molecule has 0 saturated heterocycles. The lowest BCUT2D eigenvalue weighted by Crippen LogP contribution is -2.42. The van der Waals surface area contributed by atoms with E-state index in [-0.39, 0.29) is 12.2 Å². The summed E-state index contributed by atoms with van der Waals surface area (Å²) >= 11 is 0. The summed E-state index contributed by atoms with van der Waals surface area (Å²) in [5.74, 6) is -1.07. The molecule has 0 bridgehead atoms. The molecule has 1 unspecified atom stereocenters. The fourth-order valence-corrected chi connectivity index (χ4v) is 1.95. The van der Waals surface area contributed by atoms with E-state index in [1.807, 2.05) is 19.9 Å². The number of likely N-dealkylation sites (N-methyl/N-ethyl adjacent to an activating group) is 1. The molecule has 0 aliphatic carbocycles. The first kappa shape index (κ1) is 14.4. The first-order chi connectivity index (χ1) is 8.60. The maximum absolute atomic E-state index is 12.0. The van der Waals surface area contributed by atoms with E-state index in [2.05, 4.69) is 0 Å². The quantitative estimate of drug-likeness (QED) is 0.751. The number of rotatable bonds is 7. The van der Waals surface area contributed by atoms with Crippen molar-refractivity contribution in [2.75, 3.05) is 13.1 Å². The van der Waals surface area contributed by atoms with Crippen LogP contribution in [0, 0.1) is 0 Å². The number of nitrogens with zero attached hydrogens (tertiary/aromatic N) is 1. The van der Waals surface area contributed by atoms with Gasteiger partial charge in [0.15, 0.2) is 5.78 Å². The van der Waals surface area contributed by atoms with Gasteiger partial charge in [-0.2, -0.15) is 0 Å². The number of carboxylic acids is 1. The smallest absolute Gasteiger partial charge is 0.321 e. The Labute approximate surface area is 107 Å². The van der Waals surface area contributed by atoms with Crippen LogP contribution in [0.25, 0.3) is 0 Å². The highest BCUT2D eigenvalue weighted by molar-refractivity contribution is 5.98. The van der Waals surface area contributed by atoms with Crippen LogP contribution in [0.5, 0.6) is 0 Å². The number of benzene rings is 1. The van der Waals surface area contributed by atoms with Gasteiger partial charge in [0.05, 0.1) is 0 Å². The molecule has 1 aromatic carbocycles. The second-order valence-corrected chi connectivity index (χ2v) is 4.07. The number of aliphatic carboxylic acids is 1. The van der Waals surface area contributed by atoms with E-state index in [9.17, 15) is 14.7 Å². The van der Waals surface area contributed by atoms with Gasteiger partial charge in [0, 0.05) is 12.0 Å². The van der Waals surface area contributed by atoms with E-state index >= 15 is 0 Å². The highest BCUT2D eigenvalue weighted by atomic mass is 16.4.